The van der Waals surface area contributed by atoms with Crippen molar-refractivity contribution in [2.45, 2.75) is 57.8 Å². The summed E-state index contributed by atoms with van der Waals surface area (Å²) in [6, 6.07) is 0. The third-order valence-electron chi connectivity index (χ3n) is 3.59. The van der Waals surface area contributed by atoms with Gasteiger partial charge in [0.1, 0.15) is 0 Å². The fourth-order valence-corrected chi connectivity index (χ4v) is 2.52. The summed E-state index contributed by atoms with van der Waals surface area (Å²) in [5.41, 5.74) is -0.874. The van der Waals surface area contributed by atoms with E-state index >= 15 is 0 Å². The SMILES string of the molecule is CCC(O)(CC)CN1CC(CO)OC(C)(C)C1. The maximum atomic E-state index is 10.4. The van der Waals surface area contributed by atoms with Gasteiger partial charge in [0.05, 0.1) is 23.9 Å². The van der Waals surface area contributed by atoms with E-state index in [1.54, 1.807) is 0 Å². The van der Waals surface area contributed by atoms with Gasteiger partial charge in [-0.3, -0.25) is 4.90 Å². The van der Waals surface area contributed by atoms with Crippen LogP contribution < -0.4 is 0 Å². The second kappa shape index (κ2) is 5.65. The van der Waals surface area contributed by atoms with Crippen LogP contribution in [-0.2, 0) is 4.74 Å². The lowest BCUT2D eigenvalue weighted by Gasteiger charge is -2.44. The molecule has 0 saturated carbocycles. The number of β-amino-alcohol motifs (C(OH)–C–C–N with tert-alkyl or cyclic N) is 1. The van der Waals surface area contributed by atoms with Crippen LogP contribution in [0.5, 0.6) is 0 Å². The van der Waals surface area contributed by atoms with Gasteiger partial charge in [-0.15, -0.1) is 0 Å². The number of hydrogen-bond acceptors (Lipinski definition) is 4. The molecule has 17 heavy (non-hydrogen) atoms. The van der Waals surface area contributed by atoms with Crippen molar-refractivity contribution in [1.82, 2.24) is 4.90 Å². The van der Waals surface area contributed by atoms with Gasteiger partial charge in [0.25, 0.3) is 0 Å². The number of hydrogen-bond donors (Lipinski definition) is 2. The molecule has 2 N–H and O–H groups in total. The summed E-state index contributed by atoms with van der Waals surface area (Å²) < 4.78 is 5.76. The molecule has 1 fully saturated rings. The number of aliphatic hydroxyl groups is 2. The average molecular weight is 245 g/mol. The Kier molecular flexibility index (Phi) is 4.95. The lowest BCUT2D eigenvalue weighted by Crippen LogP contribution is -2.57. The molecule has 0 aromatic heterocycles. The van der Waals surface area contributed by atoms with Gasteiger partial charge >= 0.3 is 0 Å². The Morgan fingerprint density at radius 3 is 2.41 bits per heavy atom. The first kappa shape index (κ1) is 14.9. The minimum absolute atomic E-state index is 0.0383. The molecule has 0 aliphatic carbocycles. The summed E-state index contributed by atoms with van der Waals surface area (Å²) in [7, 11) is 0. The molecule has 1 rings (SSSR count). The highest BCUT2D eigenvalue weighted by molar-refractivity contribution is 4.88. The molecular formula is C13H27NO3. The Bertz CT molecular complexity index is 239. The molecule has 0 amide bonds. The summed E-state index contributed by atoms with van der Waals surface area (Å²) in [6.07, 6.45) is 1.37. The summed E-state index contributed by atoms with van der Waals surface area (Å²) >= 11 is 0. The number of rotatable bonds is 5. The van der Waals surface area contributed by atoms with Crippen LogP contribution in [0.4, 0.5) is 0 Å². The van der Waals surface area contributed by atoms with Crippen molar-refractivity contribution in [2.75, 3.05) is 26.2 Å². The van der Waals surface area contributed by atoms with Gasteiger partial charge in [0, 0.05) is 19.6 Å². The monoisotopic (exact) mass is 245 g/mol. The van der Waals surface area contributed by atoms with Crippen LogP contribution in [0.25, 0.3) is 0 Å². The zero-order chi connectivity index (χ0) is 13.1. The predicted molar refractivity (Wildman–Crippen MR) is 68.0 cm³/mol. The molecule has 1 unspecified atom stereocenters. The second-order valence-corrected chi connectivity index (χ2v) is 5.78. The van der Waals surface area contributed by atoms with Gasteiger partial charge in [-0.05, 0) is 26.7 Å². The lowest BCUT2D eigenvalue weighted by atomic mass is 9.95. The largest absolute Gasteiger partial charge is 0.394 e. The Hall–Kier alpha value is -0.160. The average Bonchev–Trinajstić information content (AvgIpc) is 2.26. The molecule has 4 nitrogen and oxygen atoms in total. The zero-order valence-corrected chi connectivity index (χ0v) is 11.6. The smallest absolute Gasteiger partial charge is 0.0940 e. The van der Waals surface area contributed by atoms with E-state index in [0.717, 1.165) is 19.4 Å². The first-order valence-electron chi connectivity index (χ1n) is 6.57. The molecule has 1 heterocycles. The zero-order valence-electron chi connectivity index (χ0n) is 11.6. The van der Waals surface area contributed by atoms with Gasteiger partial charge in [-0.1, -0.05) is 13.8 Å². The molecule has 4 heteroatoms. The van der Waals surface area contributed by atoms with Crippen LogP contribution in [0.1, 0.15) is 40.5 Å². The molecular weight excluding hydrogens is 218 g/mol. The molecule has 0 radical (unpaired) electrons. The topological polar surface area (TPSA) is 52.9 Å². The van der Waals surface area contributed by atoms with E-state index in [9.17, 15) is 10.2 Å². The maximum Gasteiger partial charge on any atom is 0.0940 e. The first-order chi connectivity index (χ1) is 7.84. The first-order valence-corrected chi connectivity index (χ1v) is 6.57. The van der Waals surface area contributed by atoms with Crippen molar-refractivity contribution in [2.24, 2.45) is 0 Å². The van der Waals surface area contributed by atoms with Gasteiger partial charge in [-0.2, -0.15) is 0 Å². The molecule has 0 spiro atoms. The van der Waals surface area contributed by atoms with Crippen molar-refractivity contribution in [3.8, 4) is 0 Å². The van der Waals surface area contributed by atoms with Crippen LogP contribution in [0.2, 0.25) is 0 Å². The van der Waals surface area contributed by atoms with E-state index in [1.807, 2.05) is 27.7 Å². The fraction of sp³-hybridized carbons (Fsp3) is 1.00. The predicted octanol–water partition coefficient (Wildman–Crippen LogP) is 1.01. The number of morpholine rings is 1. The minimum Gasteiger partial charge on any atom is -0.394 e. The third-order valence-corrected chi connectivity index (χ3v) is 3.59. The molecule has 1 aliphatic heterocycles. The Morgan fingerprint density at radius 2 is 1.94 bits per heavy atom. The molecule has 1 atom stereocenters. The van der Waals surface area contributed by atoms with Gasteiger partial charge < -0.3 is 14.9 Å². The number of nitrogens with zero attached hydrogens (tertiary/aromatic N) is 1. The fourth-order valence-electron chi connectivity index (χ4n) is 2.52. The van der Waals surface area contributed by atoms with E-state index in [0.29, 0.717) is 13.1 Å². The Balaban J connectivity index is 2.64. The minimum atomic E-state index is -0.618. The second-order valence-electron chi connectivity index (χ2n) is 5.78. The van der Waals surface area contributed by atoms with Crippen molar-refractivity contribution in [3.05, 3.63) is 0 Å². The Labute approximate surface area is 105 Å². The molecule has 1 saturated heterocycles. The van der Waals surface area contributed by atoms with Crippen LogP contribution in [-0.4, -0.2) is 58.7 Å². The highest BCUT2D eigenvalue weighted by Crippen LogP contribution is 2.24. The molecule has 0 bridgehead atoms. The molecule has 0 aromatic carbocycles. The van der Waals surface area contributed by atoms with Crippen molar-refractivity contribution in [1.29, 1.82) is 0 Å². The van der Waals surface area contributed by atoms with Crippen molar-refractivity contribution in [3.63, 3.8) is 0 Å². The normalized spacial score (nSPS) is 26.1. The number of aliphatic hydroxyl groups excluding tert-OH is 1. The van der Waals surface area contributed by atoms with E-state index in [2.05, 4.69) is 4.90 Å². The van der Waals surface area contributed by atoms with Crippen LogP contribution >= 0.6 is 0 Å². The summed E-state index contributed by atoms with van der Waals surface area (Å²) in [4.78, 5) is 2.21. The van der Waals surface area contributed by atoms with Gasteiger partial charge in [0.2, 0.25) is 0 Å². The van der Waals surface area contributed by atoms with E-state index < -0.39 is 5.60 Å². The van der Waals surface area contributed by atoms with E-state index in [-0.39, 0.29) is 18.3 Å². The summed E-state index contributed by atoms with van der Waals surface area (Å²) in [5, 5.41) is 19.6. The van der Waals surface area contributed by atoms with Crippen LogP contribution in [0, 0.1) is 0 Å². The van der Waals surface area contributed by atoms with Gasteiger partial charge in [-0.25, -0.2) is 0 Å². The van der Waals surface area contributed by atoms with E-state index in [1.165, 1.54) is 0 Å². The molecule has 0 aromatic rings. The highest BCUT2D eigenvalue weighted by atomic mass is 16.5. The quantitative estimate of drug-likeness (QED) is 0.759. The Morgan fingerprint density at radius 1 is 1.35 bits per heavy atom. The number of ether oxygens (including phenoxy) is 1. The highest BCUT2D eigenvalue weighted by Gasteiger charge is 2.36. The maximum absolute atomic E-state index is 10.4. The lowest BCUT2D eigenvalue weighted by molar-refractivity contribution is -0.159. The van der Waals surface area contributed by atoms with Crippen LogP contribution in [0.15, 0.2) is 0 Å². The summed E-state index contributed by atoms with van der Waals surface area (Å²) in [6.45, 7) is 10.3. The van der Waals surface area contributed by atoms with E-state index in [4.69, 9.17) is 4.74 Å². The standard InChI is InChI=1S/C13H27NO3/c1-5-13(16,6-2)10-14-7-11(8-15)17-12(3,4)9-14/h11,15-16H,5-10H2,1-4H3. The van der Waals surface area contributed by atoms with Crippen LogP contribution in [0.3, 0.4) is 0 Å². The molecule has 1 aliphatic rings. The summed E-state index contributed by atoms with van der Waals surface area (Å²) in [5.74, 6) is 0. The van der Waals surface area contributed by atoms with Gasteiger partial charge in [0.15, 0.2) is 0 Å². The van der Waals surface area contributed by atoms with Crippen molar-refractivity contribution < 1.29 is 14.9 Å². The molecule has 102 valence electrons. The third kappa shape index (κ3) is 4.21. The van der Waals surface area contributed by atoms with Crippen molar-refractivity contribution >= 4 is 0 Å².